The minimum atomic E-state index is -4.13. The van der Waals surface area contributed by atoms with Gasteiger partial charge in [0.25, 0.3) is 0 Å². The smallest absolute Gasteiger partial charge is 0.245 e. The molecule has 0 aliphatic rings. The highest BCUT2D eigenvalue weighted by molar-refractivity contribution is 7.89. The lowest BCUT2D eigenvalue weighted by atomic mass is 10.0. The van der Waals surface area contributed by atoms with Gasteiger partial charge in [0.05, 0.1) is 7.11 Å². The van der Waals surface area contributed by atoms with E-state index >= 15 is 0 Å². The van der Waals surface area contributed by atoms with Gasteiger partial charge in [0.2, 0.25) is 15.9 Å². The fourth-order valence-corrected chi connectivity index (χ4v) is 5.19. The van der Waals surface area contributed by atoms with Crippen LogP contribution in [0.5, 0.6) is 5.75 Å². The van der Waals surface area contributed by atoms with E-state index in [-0.39, 0.29) is 22.1 Å². The second-order valence-corrected chi connectivity index (χ2v) is 9.73. The number of nitrogens with one attached hydrogen (secondary N) is 2. The highest BCUT2D eigenvalue weighted by atomic mass is 35.5. The van der Waals surface area contributed by atoms with Gasteiger partial charge in [-0.2, -0.15) is 4.72 Å². The van der Waals surface area contributed by atoms with E-state index in [1.807, 2.05) is 62.4 Å². The largest absolute Gasteiger partial charge is 0.495 e. The van der Waals surface area contributed by atoms with Gasteiger partial charge in [0.1, 0.15) is 16.7 Å². The topological polar surface area (TPSA) is 84.5 Å². The number of hydrogen-bond donors (Lipinski definition) is 2. The summed E-state index contributed by atoms with van der Waals surface area (Å²) in [7, 11) is -2.75. The monoisotopic (exact) mass is 486 g/mol. The number of carbonyl (C=O) groups is 1. The van der Waals surface area contributed by atoms with E-state index in [0.717, 1.165) is 23.1 Å². The summed E-state index contributed by atoms with van der Waals surface area (Å²) in [5.74, 6) is -0.314. The average molecular weight is 487 g/mol. The maximum atomic E-state index is 13.4. The van der Waals surface area contributed by atoms with Crippen LogP contribution in [0, 0.1) is 6.92 Å². The fraction of sp³-hybridized carbons (Fsp3) is 0.240. The molecule has 0 fully saturated rings. The summed E-state index contributed by atoms with van der Waals surface area (Å²) < 4.78 is 34.3. The number of benzene rings is 3. The van der Waals surface area contributed by atoms with Gasteiger partial charge in [0, 0.05) is 10.7 Å². The summed E-state index contributed by atoms with van der Waals surface area (Å²) in [6.07, 6.45) is 0.897. The molecular weight excluding hydrogens is 460 g/mol. The average Bonchev–Trinajstić information content (AvgIpc) is 2.80. The lowest BCUT2D eigenvalue weighted by Crippen LogP contribution is -2.45. The second kappa shape index (κ2) is 10.8. The molecule has 3 rings (SSSR count). The first-order valence-corrected chi connectivity index (χ1v) is 12.4. The predicted molar refractivity (Wildman–Crippen MR) is 131 cm³/mol. The molecule has 2 N–H and O–H groups in total. The predicted octanol–water partition coefficient (Wildman–Crippen LogP) is 4.75. The first-order chi connectivity index (χ1) is 15.7. The van der Waals surface area contributed by atoms with Crippen LogP contribution in [0.1, 0.15) is 23.6 Å². The molecule has 0 saturated carbocycles. The van der Waals surface area contributed by atoms with Gasteiger partial charge in [-0.15, -0.1) is 0 Å². The van der Waals surface area contributed by atoms with Gasteiger partial charge in [-0.3, -0.25) is 4.79 Å². The third-order valence-electron chi connectivity index (χ3n) is 5.30. The molecule has 8 heteroatoms. The van der Waals surface area contributed by atoms with Crippen molar-refractivity contribution in [3.05, 3.63) is 88.4 Å². The number of methoxy groups -OCH3 is 1. The van der Waals surface area contributed by atoms with E-state index in [1.165, 1.54) is 25.3 Å². The number of halogens is 1. The number of amides is 1. The summed E-state index contributed by atoms with van der Waals surface area (Å²) in [4.78, 5) is 13.2. The van der Waals surface area contributed by atoms with Gasteiger partial charge >= 0.3 is 0 Å². The molecule has 0 aliphatic carbocycles. The van der Waals surface area contributed by atoms with Crippen molar-refractivity contribution in [3.63, 3.8) is 0 Å². The molecule has 0 unspecified atom stereocenters. The molecule has 0 bridgehead atoms. The number of ether oxygens (including phenoxy) is 1. The van der Waals surface area contributed by atoms with Crippen molar-refractivity contribution in [2.24, 2.45) is 0 Å². The van der Waals surface area contributed by atoms with Gasteiger partial charge in [-0.25, -0.2) is 8.42 Å². The number of carbonyl (C=O) groups excluding carboxylic acids is 1. The van der Waals surface area contributed by atoms with Gasteiger partial charge in [0.15, 0.2) is 0 Å². The molecule has 3 aromatic rings. The Morgan fingerprint density at radius 3 is 2.45 bits per heavy atom. The molecule has 33 heavy (non-hydrogen) atoms. The minimum absolute atomic E-state index is 0.131. The first-order valence-electron chi connectivity index (χ1n) is 10.5. The van der Waals surface area contributed by atoms with E-state index in [4.69, 9.17) is 16.3 Å². The maximum absolute atomic E-state index is 13.4. The molecule has 6 nitrogen and oxygen atoms in total. The van der Waals surface area contributed by atoms with Crippen LogP contribution < -0.4 is 14.8 Å². The Hall–Kier alpha value is -2.87. The third-order valence-corrected chi connectivity index (χ3v) is 7.03. The molecule has 1 amide bonds. The van der Waals surface area contributed by atoms with E-state index in [2.05, 4.69) is 10.0 Å². The number of para-hydroxylation sites is 1. The van der Waals surface area contributed by atoms with Gasteiger partial charge in [-0.05, 0) is 54.7 Å². The maximum Gasteiger partial charge on any atom is 0.245 e. The quantitative estimate of drug-likeness (QED) is 0.457. The molecule has 3 aromatic carbocycles. The van der Waals surface area contributed by atoms with Crippen LogP contribution in [0.4, 0.5) is 5.69 Å². The van der Waals surface area contributed by atoms with Crippen molar-refractivity contribution in [3.8, 4) is 5.75 Å². The van der Waals surface area contributed by atoms with E-state index in [0.29, 0.717) is 5.69 Å². The Kier molecular flexibility index (Phi) is 8.13. The van der Waals surface area contributed by atoms with Crippen LogP contribution >= 0.6 is 11.6 Å². The molecule has 0 radical (unpaired) electrons. The molecule has 0 aromatic heterocycles. The lowest BCUT2D eigenvalue weighted by Gasteiger charge is -2.21. The Morgan fingerprint density at radius 2 is 1.79 bits per heavy atom. The number of hydrogen-bond acceptors (Lipinski definition) is 4. The molecule has 0 aliphatic heterocycles. The standard InChI is InChI=1S/C25H27ClN2O4S/c1-4-19-12-8-9-17(2)24(19)27-25(29)21(15-18-10-6-5-7-11-18)28-33(30,31)23-16-20(26)13-14-22(23)32-3/h5-14,16,21,28H,4,15H2,1-3H3,(H,27,29)/t21-/m1/s1. The highest BCUT2D eigenvalue weighted by Crippen LogP contribution is 2.28. The van der Waals surface area contributed by atoms with Crippen molar-refractivity contribution in [2.45, 2.75) is 37.6 Å². The van der Waals surface area contributed by atoms with Crippen LogP contribution in [0.3, 0.4) is 0 Å². The molecule has 0 heterocycles. The normalized spacial score (nSPS) is 12.2. The minimum Gasteiger partial charge on any atom is -0.495 e. The van der Waals surface area contributed by atoms with Crippen LogP contribution in [-0.4, -0.2) is 27.5 Å². The Morgan fingerprint density at radius 1 is 1.06 bits per heavy atom. The zero-order chi connectivity index (χ0) is 24.0. The molecule has 1 atom stereocenters. The SMILES string of the molecule is CCc1cccc(C)c1NC(=O)[C@@H](Cc1ccccc1)NS(=O)(=O)c1cc(Cl)ccc1OC. The Labute approximate surface area is 200 Å². The van der Waals surface area contributed by atoms with Crippen molar-refractivity contribution in [2.75, 3.05) is 12.4 Å². The third kappa shape index (κ3) is 6.13. The molecular formula is C25H27ClN2O4S. The summed E-state index contributed by atoms with van der Waals surface area (Å²) in [5.41, 5.74) is 3.39. The van der Waals surface area contributed by atoms with E-state index in [9.17, 15) is 13.2 Å². The molecule has 174 valence electrons. The van der Waals surface area contributed by atoms with Crippen LogP contribution in [-0.2, 0) is 27.7 Å². The van der Waals surface area contributed by atoms with Gasteiger partial charge < -0.3 is 10.1 Å². The van der Waals surface area contributed by atoms with Crippen molar-refractivity contribution in [1.29, 1.82) is 0 Å². The number of sulfonamides is 1. The summed E-state index contributed by atoms with van der Waals surface area (Å²) in [6, 6.07) is 18.3. The Bertz CT molecular complexity index is 1230. The number of rotatable bonds is 9. The van der Waals surface area contributed by atoms with Crippen LogP contribution in [0.2, 0.25) is 5.02 Å². The van der Waals surface area contributed by atoms with Gasteiger partial charge in [-0.1, -0.05) is 67.1 Å². The zero-order valence-electron chi connectivity index (χ0n) is 18.8. The lowest BCUT2D eigenvalue weighted by molar-refractivity contribution is -0.117. The summed E-state index contributed by atoms with van der Waals surface area (Å²) in [5, 5.41) is 3.18. The second-order valence-electron chi connectivity index (χ2n) is 7.61. The van der Waals surface area contributed by atoms with Crippen molar-refractivity contribution >= 4 is 33.2 Å². The molecule has 0 saturated heterocycles. The van der Waals surface area contributed by atoms with E-state index in [1.54, 1.807) is 0 Å². The first kappa shape index (κ1) is 24.8. The van der Waals surface area contributed by atoms with Crippen molar-refractivity contribution < 1.29 is 17.9 Å². The van der Waals surface area contributed by atoms with Crippen LogP contribution in [0.15, 0.2) is 71.6 Å². The van der Waals surface area contributed by atoms with E-state index < -0.39 is 22.0 Å². The fourth-order valence-electron chi connectivity index (χ4n) is 3.56. The van der Waals surface area contributed by atoms with Crippen molar-refractivity contribution in [1.82, 2.24) is 4.72 Å². The molecule has 0 spiro atoms. The zero-order valence-corrected chi connectivity index (χ0v) is 20.3. The summed E-state index contributed by atoms with van der Waals surface area (Å²) >= 11 is 6.04. The Balaban J connectivity index is 1.97. The highest BCUT2D eigenvalue weighted by Gasteiger charge is 2.29. The summed E-state index contributed by atoms with van der Waals surface area (Å²) in [6.45, 7) is 3.90. The number of aryl methyl sites for hydroxylation is 2. The number of anilines is 1. The van der Waals surface area contributed by atoms with Crippen LogP contribution in [0.25, 0.3) is 0 Å².